The number of pyridine rings is 1. The standard InChI is InChI=1S/C19H15F3N2O/c1-11-7-8-15(12(2)9-11)24-18(25)14-10-23-16-6-4-3-5-13(16)17(14)19(20,21)22/h3-10H,1-2H3,(H,24,25). The summed E-state index contributed by atoms with van der Waals surface area (Å²) in [7, 11) is 0. The third-order valence-electron chi connectivity index (χ3n) is 3.93. The van der Waals surface area contributed by atoms with Crippen molar-refractivity contribution in [1.29, 1.82) is 0 Å². The summed E-state index contributed by atoms with van der Waals surface area (Å²) in [6, 6.07) is 11.2. The summed E-state index contributed by atoms with van der Waals surface area (Å²) >= 11 is 0. The van der Waals surface area contributed by atoms with Gasteiger partial charge in [-0.15, -0.1) is 0 Å². The van der Waals surface area contributed by atoms with Gasteiger partial charge in [-0.25, -0.2) is 0 Å². The van der Waals surface area contributed by atoms with Gasteiger partial charge in [-0.3, -0.25) is 9.78 Å². The highest BCUT2D eigenvalue weighted by Crippen LogP contribution is 2.37. The van der Waals surface area contributed by atoms with Gasteiger partial charge in [-0.2, -0.15) is 13.2 Å². The molecule has 1 heterocycles. The average Bonchev–Trinajstić information content (AvgIpc) is 2.55. The van der Waals surface area contributed by atoms with Crippen LogP contribution in [-0.4, -0.2) is 10.9 Å². The molecule has 3 rings (SSSR count). The summed E-state index contributed by atoms with van der Waals surface area (Å²) in [6.45, 7) is 3.68. The second-order valence-electron chi connectivity index (χ2n) is 5.83. The van der Waals surface area contributed by atoms with Crippen molar-refractivity contribution < 1.29 is 18.0 Å². The summed E-state index contributed by atoms with van der Waals surface area (Å²) in [5, 5.41) is 2.46. The Kier molecular flexibility index (Phi) is 4.20. The molecular formula is C19H15F3N2O. The molecule has 1 amide bonds. The lowest BCUT2D eigenvalue weighted by Crippen LogP contribution is -2.20. The molecule has 2 aromatic carbocycles. The van der Waals surface area contributed by atoms with Gasteiger partial charge in [-0.1, -0.05) is 35.9 Å². The maximum atomic E-state index is 13.6. The molecule has 0 bridgehead atoms. The SMILES string of the molecule is Cc1ccc(NC(=O)c2cnc3ccccc3c2C(F)(F)F)c(C)c1. The number of aryl methyl sites for hydroxylation is 2. The maximum absolute atomic E-state index is 13.6. The van der Waals surface area contributed by atoms with Crippen molar-refractivity contribution in [2.24, 2.45) is 0 Å². The molecule has 0 unspecified atom stereocenters. The van der Waals surface area contributed by atoms with Gasteiger partial charge in [0.1, 0.15) is 0 Å². The average molecular weight is 344 g/mol. The largest absolute Gasteiger partial charge is 0.417 e. The Labute approximate surface area is 142 Å². The number of hydrogen-bond donors (Lipinski definition) is 1. The van der Waals surface area contributed by atoms with E-state index in [-0.39, 0.29) is 10.9 Å². The highest BCUT2D eigenvalue weighted by Gasteiger charge is 2.37. The maximum Gasteiger partial charge on any atom is 0.417 e. The Morgan fingerprint density at radius 1 is 1.08 bits per heavy atom. The van der Waals surface area contributed by atoms with E-state index in [0.717, 1.165) is 17.3 Å². The Morgan fingerprint density at radius 3 is 2.48 bits per heavy atom. The topological polar surface area (TPSA) is 42.0 Å². The minimum atomic E-state index is -4.67. The molecule has 0 atom stereocenters. The molecule has 128 valence electrons. The zero-order valence-electron chi connectivity index (χ0n) is 13.6. The van der Waals surface area contributed by atoms with Gasteiger partial charge < -0.3 is 5.32 Å². The summed E-state index contributed by atoms with van der Waals surface area (Å²) in [6.07, 6.45) is -3.69. The van der Waals surface area contributed by atoms with Crippen LogP contribution in [0.25, 0.3) is 10.9 Å². The first kappa shape index (κ1) is 17.0. The van der Waals surface area contributed by atoms with Crippen LogP contribution in [0.15, 0.2) is 48.7 Å². The minimum absolute atomic E-state index is 0.0942. The van der Waals surface area contributed by atoms with Gasteiger partial charge in [0, 0.05) is 17.3 Å². The predicted octanol–water partition coefficient (Wildman–Crippen LogP) is 5.12. The molecule has 0 fully saturated rings. The number of hydrogen-bond acceptors (Lipinski definition) is 2. The fourth-order valence-electron chi connectivity index (χ4n) is 2.76. The van der Waals surface area contributed by atoms with Crippen molar-refractivity contribution in [1.82, 2.24) is 4.98 Å². The molecule has 0 aliphatic carbocycles. The van der Waals surface area contributed by atoms with E-state index in [4.69, 9.17) is 0 Å². The molecule has 25 heavy (non-hydrogen) atoms. The molecule has 0 saturated heterocycles. The van der Waals surface area contributed by atoms with Crippen LogP contribution in [0.1, 0.15) is 27.0 Å². The third-order valence-corrected chi connectivity index (χ3v) is 3.93. The van der Waals surface area contributed by atoms with Gasteiger partial charge >= 0.3 is 6.18 Å². The van der Waals surface area contributed by atoms with Gasteiger partial charge in [0.25, 0.3) is 5.91 Å². The van der Waals surface area contributed by atoms with Gasteiger partial charge in [0.2, 0.25) is 0 Å². The lowest BCUT2D eigenvalue weighted by atomic mass is 10.0. The minimum Gasteiger partial charge on any atom is -0.322 e. The van der Waals surface area contributed by atoms with Gasteiger partial charge in [0.05, 0.1) is 16.6 Å². The third kappa shape index (κ3) is 3.33. The summed E-state index contributed by atoms with van der Waals surface area (Å²) in [5.41, 5.74) is 0.968. The first-order chi connectivity index (χ1) is 11.8. The molecule has 0 aliphatic heterocycles. The van der Waals surface area contributed by atoms with Crippen LogP contribution in [0.2, 0.25) is 0 Å². The predicted molar refractivity (Wildman–Crippen MR) is 90.6 cm³/mol. The second-order valence-corrected chi connectivity index (χ2v) is 5.83. The van der Waals surface area contributed by atoms with Gasteiger partial charge in [-0.05, 0) is 31.5 Å². The van der Waals surface area contributed by atoms with E-state index in [1.54, 1.807) is 25.1 Å². The number of halogens is 3. The Balaban J connectivity index is 2.10. The molecule has 0 spiro atoms. The van der Waals surface area contributed by atoms with Crippen LogP contribution in [0.5, 0.6) is 0 Å². The molecular weight excluding hydrogens is 329 g/mol. The van der Waals surface area contributed by atoms with Crippen molar-refractivity contribution in [2.75, 3.05) is 5.32 Å². The van der Waals surface area contributed by atoms with Crippen LogP contribution in [0, 0.1) is 13.8 Å². The zero-order valence-corrected chi connectivity index (χ0v) is 13.6. The number of nitrogens with zero attached hydrogens (tertiary/aromatic N) is 1. The van der Waals surface area contributed by atoms with Crippen molar-refractivity contribution in [2.45, 2.75) is 20.0 Å². The quantitative estimate of drug-likeness (QED) is 0.701. The zero-order chi connectivity index (χ0) is 18.2. The summed E-state index contributed by atoms with van der Waals surface area (Å²) < 4.78 is 40.8. The summed E-state index contributed by atoms with van der Waals surface area (Å²) in [5.74, 6) is -0.836. The van der Waals surface area contributed by atoms with E-state index in [1.807, 2.05) is 13.0 Å². The lowest BCUT2D eigenvalue weighted by molar-refractivity contribution is -0.136. The van der Waals surface area contributed by atoms with E-state index in [9.17, 15) is 18.0 Å². The number of aromatic nitrogens is 1. The first-order valence-electron chi connectivity index (χ1n) is 7.61. The Hall–Kier alpha value is -2.89. The van der Waals surface area contributed by atoms with Crippen LogP contribution >= 0.6 is 0 Å². The molecule has 0 aliphatic rings. The number of rotatable bonds is 2. The lowest BCUT2D eigenvalue weighted by Gasteiger charge is -2.16. The van der Waals surface area contributed by atoms with E-state index in [1.165, 1.54) is 18.2 Å². The van der Waals surface area contributed by atoms with Crippen molar-refractivity contribution in [3.63, 3.8) is 0 Å². The number of fused-ring (bicyclic) bond motifs is 1. The Morgan fingerprint density at radius 2 is 1.80 bits per heavy atom. The van der Waals surface area contributed by atoms with E-state index < -0.39 is 23.2 Å². The van der Waals surface area contributed by atoms with Crippen molar-refractivity contribution in [3.05, 3.63) is 70.9 Å². The van der Waals surface area contributed by atoms with Crippen LogP contribution in [0.4, 0.5) is 18.9 Å². The van der Waals surface area contributed by atoms with E-state index in [0.29, 0.717) is 5.69 Å². The smallest absolute Gasteiger partial charge is 0.322 e. The molecule has 3 aromatic rings. The molecule has 6 heteroatoms. The van der Waals surface area contributed by atoms with Crippen LogP contribution in [0.3, 0.4) is 0 Å². The van der Waals surface area contributed by atoms with E-state index >= 15 is 0 Å². The van der Waals surface area contributed by atoms with Gasteiger partial charge in [0.15, 0.2) is 0 Å². The number of para-hydroxylation sites is 1. The van der Waals surface area contributed by atoms with Crippen LogP contribution < -0.4 is 5.32 Å². The molecule has 1 N–H and O–H groups in total. The van der Waals surface area contributed by atoms with Crippen molar-refractivity contribution in [3.8, 4) is 0 Å². The number of benzene rings is 2. The number of nitrogens with one attached hydrogen (secondary N) is 1. The molecule has 0 radical (unpaired) electrons. The number of carbonyl (C=O) groups excluding carboxylic acids is 1. The summed E-state index contributed by atoms with van der Waals surface area (Å²) in [4.78, 5) is 16.5. The number of anilines is 1. The van der Waals surface area contributed by atoms with E-state index in [2.05, 4.69) is 10.3 Å². The highest BCUT2D eigenvalue weighted by molar-refractivity contribution is 6.08. The fraction of sp³-hybridized carbons (Fsp3) is 0.158. The normalized spacial score (nSPS) is 11.6. The van der Waals surface area contributed by atoms with Crippen LogP contribution in [-0.2, 0) is 6.18 Å². The number of amides is 1. The van der Waals surface area contributed by atoms with Crippen molar-refractivity contribution >= 4 is 22.5 Å². The number of alkyl halides is 3. The fourth-order valence-corrected chi connectivity index (χ4v) is 2.76. The molecule has 1 aromatic heterocycles. The second kappa shape index (κ2) is 6.20. The monoisotopic (exact) mass is 344 g/mol. The molecule has 0 saturated carbocycles. The highest BCUT2D eigenvalue weighted by atomic mass is 19.4. The number of carbonyl (C=O) groups is 1. The molecule has 3 nitrogen and oxygen atoms in total. The first-order valence-corrected chi connectivity index (χ1v) is 7.61. The Bertz CT molecular complexity index is 965.